The molecule has 148 valence electrons. The summed E-state index contributed by atoms with van der Waals surface area (Å²) in [6.07, 6.45) is 5.02. The van der Waals surface area contributed by atoms with Gasteiger partial charge in [-0.25, -0.2) is 0 Å². The zero-order valence-corrected chi connectivity index (χ0v) is 16.7. The monoisotopic (exact) mass is 389 g/mol. The predicted octanol–water partition coefficient (Wildman–Crippen LogP) is 4.89. The number of ketones is 1. The summed E-state index contributed by atoms with van der Waals surface area (Å²) in [4.78, 5) is 16.7. The zero-order valence-electron chi connectivity index (χ0n) is 16.7. The summed E-state index contributed by atoms with van der Waals surface area (Å²) in [6, 6.07) is 14.2. The quantitative estimate of drug-likeness (QED) is 0.460. The van der Waals surface area contributed by atoms with Crippen molar-refractivity contribution < 1.29 is 19.4 Å². The number of hydrogen-bond acceptors (Lipinski definition) is 5. The molecule has 0 amide bonds. The highest BCUT2D eigenvalue weighted by atomic mass is 16.5. The maximum Gasteiger partial charge on any atom is 0.185 e. The molecule has 0 aliphatic rings. The van der Waals surface area contributed by atoms with Crippen molar-refractivity contribution in [1.82, 2.24) is 4.98 Å². The number of nitrogens with zero attached hydrogens (tertiary/aromatic N) is 1. The van der Waals surface area contributed by atoms with Crippen molar-refractivity contribution in [2.45, 2.75) is 20.5 Å². The second kappa shape index (κ2) is 9.06. The standard InChI is InChI=1S/C24H23NO4/c1-16-12-18(7-9-21(26)19-8-10-22(27)23(14-19)28-3)13-17(2)24(16)29-15-20-6-4-5-11-25-20/h4-14,27H,15H2,1-3H3/b9-7+. The fraction of sp³-hybridized carbons (Fsp3) is 0.167. The summed E-state index contributed by atoms with van der Waals surface area (Å²) in [5.74, 6) is 0.919. The molecule has 0 aliphatic carbocycles. The van der Waals surface area contributed by atoms with E-state index in [0.29, 0.717) is 12.2 Å². The minimum Gasteiger partial charge on any atom is -0.504 e. The van der Waals surface area contributed by atoms with E-state index in [9.17, 15) is 9.90 Å². The van der Waals surface area contributed by atoms with E-state index in [2.05, 4.69) is 4.98 Å². The molecular weight excluding hydrogens is 366 g/mol. The molecule has 5 heteroatoms. The lowest BCUT2D eigenvalue weighted by molar-refractivity contribution is 0.104. The van der Waals surface area contributed by atoms with Gasteiger partial charge in [-0.15, -0.1) is 0 Å². The average Bonchev–Trinajstić information content (AvgIpc) is 2.72. The number of allylic oxidation sites excluding steroid dienone is 1. The van der Waals surface area contributed by atoms with Gasteiger partial charge in [0.1, 0.15) is 12.4 Å². The molecule has 5 nitrogen and oxygen atoms in total. The highest BCUT2D eigenvalue weighted by molar-refractivity contribution is 6.07. The third-order valence-electron chi connectivity index (χ3n) is 4.46. The number of carbonyl (C=O) groups excluding carboxylic acids is 1. The van der Waals surface area contributed by atoms with Crippen LogP contribution in [-0.4, -0.2) is 23.0 Å². The molecule has 1 heterocycles. The van der Waals surface area contributed by atoms with Crippen LogP contribution in [0.3, 0.4) is 0 Å². The number of carbonyl (C=O) groups is 1. The molecule has 0 aliphatic heterocycles. The number of phenols is 1. The van der Waals surface area contributed by atoms with E-state index in [-0.39, 0.29) is 17.3 Å². The van der Waals surface area contributed by atoms with Gasteiger partial charge in [0.2, 0.25) is 0 Å². The Morgan fingerprint density at radius 1 is 1.10 bits per heavy atom. The number of aromatic nitrogens is 1. The normalized spacial score (nSPS) is 10.9. The highest BCUT2D eigenvalue weighted by Crippen LogP contribution is 2.28. The summed E-state index contributed by atoms with van der Waals surface area (Å²) in [6.45, 7) is 4.36. The van der Waals surface area contributed by atoms with Crippen molar-refractivity contribution in [3.8, 4) is 17.2 Å². The van der Waals surface area contributed by atoms with Crippen LogP contribution in [-0.2, 0) is 6.61 Å². The largest absolute Gasteiger partial charge is 0.504 e. The molecule has 2 aromatic carbocycles. The average molecular weight is 389 g/mol. The van der Waals surface area contributed by atoms with Crippen LogP contribution >= 0.6 is 0 Å². The minimum absolute atomic E-state index is 0.000528. The van der Waals surface area contributed by atoms with Gasteiger partial charge < -0.3 is 14.6 Å². The number of aryl methyl sites for hydroxylation is 2. The first-order valence-corrected chi connectivity index (χ1v) is 9.21. The van der Waals surface area contributed by atoms with Gasteiger partial charge >= 0.3 is 0 Å². The molecule has 3 rings (SSSR count). The Balaban J connectivity index is 1.73. The molecule has 3 aromatic rings. The van der Waals surface area contributed by atoms with Gasteiger partial charge in [0.15, 0.2) is 17.3 Å². The molecule has 0 saturated heterocycles. The lowest BCUT2D eigenvalue weighted by Crippen LogP contribution is -2.01. The Bertz CT molecular complexity index is 1020. The van der Waals surface area contributed by atoms with Gasteiger partial charge in [0.05, 0.1) is 12.8 Å². The van der Waals surface area contributed by atoms with E-state index in [1.807, 2.05) is 44.2 Å². The van der Waals surface area contributed by atoms with Crippen LogP contribution in [0.15, 0.2) is 60.8 Å². The highest BCUT2D eigenvalue weighted by Gasteiger charge is 2.09. The predicted molar refractivity (Wildman–Crippen MR) is 113 cm³/mol. The van der Waals surface area contributed by atoms with Crippen LogP contribution in [0.5, 0.6) is 17.2 Å². The Kier molecular flexibility index (Phi) is 6.29. The topological polar surface area (TPSA) is 68.7 Å². The second-order valence-electron chi connectivity index (χ2n) is 6.68. The van der Waals surface area contributed by atoms with Gasteiger partial charge in [-0.2, -0.15) is 0 Å². The Morgan fingerprint density at radius 3 is 2.52 bits per heavy atom. The van der Waals surface area contributed by atoms with Gasteiger partial charge in [0.25, 0.3) is 0 Å². The number of aromatic hydroxyl groups is 1. The first kappa shape index (κ1) is 20.1. The molecule has 0 spiro atoms. The van der Waals surface area contributed by atoms with Crippen molar-refractivity contribution in [3.05, 3.63) is 88.8 Å². The van der Waals surface area contributed by atoms with E-state index in [1.54, 1.807) is 18.3 Å². The van der Waals surface area contributed by atoms with E-state index in [0.717, 1.165) is 28.1 Å². The lowest BCUT2D eigenvalue weighted by atomic mass is 10.0. The molecule has 0 saturated carbocycles. The Labute approximate surface area is 170 Å². The molecule has 0 fully saturated rings. The van der Waals surface area contributed by atoms with Crippen molar-refractivity contribution in [1.29, 1.82) is 0 Å². The number of phenolic OH excluding ortho intramolecular Hbond substituents is 1. The number of ether oxygens (including phenoxy) is 2. The Morgan fingerprint density at radius 2 is 1.86 bits per heavy atom. The summed E-state index contributed by atoms with van der Waals surface area (Å²) >= 11 is 0. The van der Waals surface area contributed by atoms with Crippen LogP contribution < -0.4 is 9.47 Å². The van der Waals surface area contributed by atoms with Gasteiger partial charge in [-0.05, 0) is 79.1 Å². The van der Waals surface area contributed by atoms with Crippen LogP contribution in [0, 0.1) is 13.8 Å². The fourth-order valence-electron chi connectivity index (χ4n) is 3.04. The van der Waals surface area contributed by atoms with E-state index in [1.165, 1.54) is 25.3 Å². The van der Waals surface area contributed by atoms with Gasteiger partial charge in [-0.1, -0.05) is 12.1 Å². The molecule has 0 unspecified atom stereocenters. The number of pyridine rings is 1. The number of methoxy groups -OCH3 is 1. The van der Waals surface area contributed by atoms with Crippen LogP contribution in [0.2, 0.25) is 0 Å². The number of hydrogen-bond donors (Lipinski definition) is 1. The van der Waals surface area contributed by atoms with E-state index in [4.69, 9.17) is 9.47 Å². The molecule has 0 atom stereocenters. The van der Waals surface area contributed by atoms with E-state index < -0.39 is 0 Å². The first-order valence-electron chi connectivity index (χ1n) is 9.21. The maximum absolute atomic E-state index is 12.4. The number of benzene rings is 2. The smallest absolute Gasteiger partial charge is 0.185 e. The Hall–Kier alpha value is -3.60. The molecular formula is C24H23NO4. The van der Waals surface area contributed by atoms with E-state index >= 15 is 0 Å². The van der Waals surface area contributed by atoms with Crippen molar-refractivity contribution >= 4 is 11.9 Å². The summed E-state index contributed by atoms with van der Waals surface area (Å²) in [5, 5.41) is 9.66. The molecule has 0 bridgehead atoms. The van der Waals surface area contributed by atoms with Crippen molar-refractivity contribution in [2.24, 2.45) is 0 Å². The van der Waals surface area contributed by atoms with Crippen LogP contribution in [0.1, 0.15) is 32.7 Å². The maximum atomic E-state index is 12.4. The van der Waals surface area contributed by atoms with Crippen molar-refractivity contribution in [2.75, 3.05) is 7.11 Å². The summed E-state index contributed by atoms with van der Waals surface area (Å²) < 4.78 is 11.0. The summed E-state index contributed by atoms with van der Waals surface area (Å²) in [7, 11) is 1.45. The van der Waals surface area contributed by atoms with Gasteiger partial charge in [-0.3, -0.25) is 9.78 Å². The third kappa shape index (κ3) is 5.02. The van der Waals surface area contributed by atoms with Gasteiger partial charge in [0, 0.05) is 11.8 Å². The minimum atomic E-state index is -0.172. The summed E-state index contributed by atoms with van der Waals surface area (Å²) in [5.41, 5.74) is 4.19. The zero-order chi connectivity index (χ0) is 20.8. The third-order valence-corrected chi connectivity index (χ3v) is 4.46. The molecule has 29 heavy (non-hydrogen) atoms. The molecule has 0 radical (unpaired) electrons. The second-order valence-corrected chi connectivity index (χ2v) is 6.68. The number of rotatable bonds is 7. The SMILES string of the molecule is COc1cc(C(=O)/C=C/c2cc(C)c(OCc3ccccn3)c(C)c2)ccc1O. The molecule has 1 aromatic heterocycles. The fourth-order valence-corrected chi connectivity index (χ4v) is 3.04. The first-order chi connectivity index (χ1) is 14.0. The molecule has 1 N–H and O–H groups in total. The lowest BCUT2D eigenvalue weighted by Gasteiger charge is -2.13. The van der Waals surface area contributed by atoms with Crippen LogP contribution in [0.25, 0.3) is 6.08 Å². The van der Waals surface area contributed by atoms with Crippen molar-refractivity contribution in [3.63, 3.8) is 0 Å². The van der Waals surface area contributed by atoms with Crippen LogP contribution in [0.4, 0.5) is 0 Å².